The van der Waals surface area contributed by atoms with E-state index in [2.05, 4.69) is 47.8 Å². The van der Waals surface area contributed by atoms with Gasteiger partial charge >= 0.3 is 0 Å². The van der Waals surface area contributed by atoms with Crippen LogP contribution in [0.25, 0.3) is 11.1 Å². The molecule has 3 rings (SSSR count). The Labute approximate surface area is 138 Å². The van der Waals surface area contributed by atoms with E-state index in [1.807, 2.05) is 6.07 Å². The lowest BCUT2D eigenvalue weighted by Crippen LogP contribution is -2.34. The van der Waals surface area contributed by atoms with Crippen LogP contribution in [0, 0.1) is 0 Å². The second-order valence-corrected chi connectivity index (χ2v) is 6.28. The van der Waals surface area contributed by atoms with Crippen molar-refractivity contribution in [2.75, 3.05) is 7.11 Å². The fourth-order valence-electron chi connectivity index (χ4n) is 3.24. The SMILES string of the molecule is COc1cc(-c2ccccc2)ccc1CNC1CCC(O)CC1. The van der Waals surface area contributed by atoms with E-state index in [1.165, 1.54) is 16.7 Å². The van der Waals surface area contributed by atoms with Crippen molar-refractivity contribution in [3.63, 3.8) is 0 Å². The van der Waals surface area contributed by atoms with Crippen LogP contribution in [0.1, 0.15) is 31.2 Å². The van der Waals surface area contributed by atoms with Gasteiger partial charge in [0.15, 0.2) is 0 Å². The maximum absolute atomic E-state index is 9.59. The summed E-state index contributed by atoms with van der Waals surface area (Å²) in [6, 6.07) is 17.3. The Hall–Kier alpha value is -1.84. The molecular formula is C20H25NO2. The molecule has 0 amide bonds. The van der Waals surface area contributed by atoms with Gasteiger partial charge in [0.05, 0.1) is 13.2 Å². The molecule has 0 aromatic heterocycles. The fraction of sp³-hybridized carbons (Fsp3) is 0.400. The number of hydrogen-bond donors (Lipinski definition) is 2. The van der Waals surface area contributed by atoms with Crippen molar-refractivity contribution in [2.24, 2.45) is 0 Å². The topological polar surface area (TPSA) is 41.5 Å². The molecule has 1 aliphatic carbocycles. The van der Waals surface area contributed by atoms with Gasteiger partial charge in [-0.25, -0.2) is 0 Å². The number of nitrogens with one attached hydrogen (secondary N) is 1. The molecule has 1 saturated carbocycles. The van der Waals surface area contributed by atoms with Gasteiger partial charge in [-0.3, -0.25) is 0 Å². The number of ether oxygens (including phenoxy) is 1. The monoisotopic (exact) mass is 311 g/mol. The van der Waals surface area contributed by atoms with Gasteiger partial charge in [-0.05, 0) is 42.9 Å². The normalized spacial score (nSPS) is 21.1. The quantitative estimate of drug-likeness (QED) is 0.883. The minimum atomic E-state index is -0.104. The van der Waals surface area contributed by atoms with Crippen molar-refractivity contribution in [1.82, 2.24) is 5.32 Å². The maximum atomic E-state index is 9.59. The lowest BCUT2D eigenvalue weighted by atomic mass is 9.93. The summed E-state index contributed by atoms with van der Waals surface area (Å²) in [5.74, 6) is 0.926. The molecule has 2 N–H and O–H groups in total. The van der Waals surface area contributed by atoms with Crippen LogP contribution in [0.15, 0.2) is 48.5 Å². The maximum Gasteiger partial charge on any atom is 0.123 e. The van der Waals surface area contributed by atoms with E-state index in [0.29, 0.717) is 6.04 Å². The van der Waals surface area contributed by atoms with Crippen molar-refractivity contribution in [3.05, 3.63) is 54.1 Å². The van der Waals surface area contributed by atoms with Crippen molar-refractivity contribution < 1.29 is 9.84 Å². The molecule has 0 aliphatic heterocycles. The van der Waals surface area contributed by atoms with Gasteiger partial charge in [0, 0.05) is 18.2 Å². The minimum Gasteiger partial charge on any atom is -0.496 e. The first-order valence-corrected chi connectivity index (χ1v) is 8.40. The summed E-state index contributed by atoms with van der Waals surface area (Å²) < 4.78 is 5.58. The third-order valence-corrected chi connectivity index (χ3v) is 4.67. The minimum absolute atomic E-state index is 0.104. The third-order valence-electron chi connectivity index (χ3n) is 4.67. The smallest absolute Gasteiger partial charge is 0.123 e. The molecule has 0 spiro atoms. The van der Waals surface area contributed by atoms with E-state index in [1.54, 1.807) is 7.11 Å². The zero-order valence-electron chi connectivity index (χ0n) is 13.7. The highest BCUT2D eigenvalue weighted by molar-refractivity contribution is 5.66. The zero-order valence-corrected chi connectivity index (χ0v) is 13.7. The lowest BCUT2D eigenvalue weighted by molar-refractivity contribution is 0.116. The Bertz CT molecular complexity index is 619. The summed E-state index contributed by atoms with van der Waals surface area (Å²) in [6.07, 6.45) is 3.80. The molecule has 0 saturated heterocycles. The zero-order chi connectivity index (χ0) is 16.1. The summed E-state index contributed by atoms with van der Waals surface area (Å²) in [4.78, 5) is 0. The second kappa shape index (κ2) is 7.62. The highest BCUT2D eigenvalue weighted by Crippen LogP contribution is 2.27. The highest BCUT2D eigenvalue weighted by atomic mass is 16.5. The number of methoxy groups -OCH3 is 1. The molecular weight excluding hydrogens is 286 g/mol. The molecule has 0 unspecified atom stereocenters. The molecule has 122 valence electrons. The number of benzene rings is 2. The van der Waals surface area contributed by atoms with Crippen LogP contribution in [0.5, 0.6) is 5.75 Å². The van der Waals surface area contributed by atoms with E-state index < -0.39 is 0 Å². The highest BCUT2D eigenvalue weighted by Gasteiger charge is 2.19. The summed E-state index contributed by atoms with van der Waals surface area (Å²) in [7, 11) is 1.73. The summed E-state index contributed by atoms with van der Waals surface area (Å²) in [5, 5.41) is 13.2. The standard InChI is InChI=1S/C20H25NO2/c1-23-20-13-16(15-5-3-2-4-6-15)7-8-17(20)14-21-18-9-11-19(22)12-10-18/h2-8,13,18-19,21-22H,9-12,14H2,1H3. The summed E-state index contributed by atoms with van der Waals surface area (Å²) in [6.45, 7) is 0.805. The van der Waals surface area contributed by atoms with E-state index in [-0.39, 0.29) is 6.10 Å². The largest absolute Gasteiger partial charge is 0.496 e. The van der Waals surface area contributed by atoms with E-state index in [9.17, 15) is 5.11 Å². The summed E-state index contributed by atoms with van der Waals surface area (Å²) in [5.41, 5.74) is 3.55. The van der Waals surface area contributed by atoms with Gasteiger partial charge in [-0.15, -0.1) is 0 Å². The number of hydrogen-bond acceptors (Lipinski definition) is 3. The Morgan fingerprint density at radius 3 is 2.43 bits per heavy atom. The Balaban J connectivity index is 1.68. The molecule has 1 fully saturated rings. The van der Waals surface area contributed by atoms with Crippen LogP contribution in [0.2, 0.25) is 0 Å². The third kappa shape index (κ3) is 4.12. The van der Waals surface area contributed by atoms with Gasteiger partial charge in [0.2, 0.25) is 0 Å². The molecule has 0 bridgehead atoms. The van der Waals surface area contributed by atoms with Crippen LogP contribution in [0.3, 0.4) is 0 Å². The Kier molecular flexibility index (Phi) is 5.31. The first kappa shape index (κ1) is 16.0. The van der Waals surface area contributed by atoms with E-state index in [0.717, 1.165) is 38.0 Å². The predicted octanol–water partition coefficient (Wildman–Crippen LogP) is 3.76. The molecule has 0 atom stereocenters. The van der Waals surface area contributed by atoms with E-state index >= 15 is 0 Å². The van der Waals surface area contributed by atoms with Gasteiger partial charge in [-0.2, -0.15) is 0 Å². The van der Waals surface area contributed by atoms with E-state index in [4.69, 9.17) is 4.74 Å². The number of aliphatic hydroxyl groups is 1. The molecule has 1 aliphatic rings. The average Bonchev–Trinajstić information content (AvgIpc) is 2.62. The van der Waals surface area contributed by atoms with Gasteiger partial charge in [-0.1, -0.05) is 42.5 Å². The van der Waals surface area contributed by atoms with Gasteiger partial charge in [0.25, 0.3) is 0 Å². The fourth-order valence-corrected chi connectivity index (χ4v) is 3.24. The van der Waals surface area contributed by atoms with Crippen LogP contribution in [0.4, 0.5) is 0 Å². The number of rotatable bonds is 5. The van der Waals surface area contributed by atoms with Crippen LogP contribution < -0.4 is 10.1 Å². The first-order valence-electron chi connectivity index (χ1n) is 8.40. The van der Waals surface area contributed by atoms with Crippen LogP contribution >= 0.6 is 0 Å². The molecule has 3 nitrogen and oxygen atoms in total. The molecule has 23 heavy (non-hydrogen) atoms. The van der Waals surface area contributed by atoms with Gasteiger partial charge < -0.3 is 15.2 Å². The molecule has 2 aromatic carbocycles. The van der Waals surface area contributed by atoms with Crippen molar-refractivity contribution >= 4 is 0 Å². The first-order chi connectivity index (χ1) is 11.3. The molecule has 0 heterocycles. The molecule has 0 radical (unpaired) electrons. The second-order valence-electron chi connectivity index (χ2n) is 6.28. The molecule has 2 aromatic rings. The van der Waals surface area contributed by atoms with Crippen LogP contribution in [-0.4, -0.2) is 24.4 Å². The van der Waals surface area contributed by atoms with Crippen molar-refractivity contribution in [1.29, 1.82) is 0 Å². The number of aliphatic hydroxyl groups excluding tert-OH is 1. The van der Waals surface area contributed by atoms with Gasteiger partial charge in [0.1, 0.15) is 5.75 Å². The summed E-state index contributed by atoms with van der Waals surface area (Å²) >= 11 is 0. The lowest BCUT2D eigenvalue weighted by Gasteiger charge is -2.26. The predicted molar refractivity (Wildman–Crippen MR) is 93.5 cm³/mol. The van der Waals surface area contributed by atoms with Crippen molar-refractivity contribution in [3.8, 4) is 16.9 Å². The van der Waals surface area contributed by atoms with Crippen LogP contribution in [-0.2, 0) is 6.54 Å². The van der Waals surface area contributed by atoms with Crippen molar-refractivity contribution in [2.45, 2.75) is 44.4 Å². The average molecular weight is 311 g/mol. The molecule has 3 heteroatoms. The Morgan fingerprint density at radius 1 is 1.00 bits per heavy atom. The Morgan fingerprint density at radius 2 is 1.74 bits per heavy atom.